The molecule has 1 saturated heterocycles. The van der Waals surface area contributed by atoms with E-state index in [4.69, 9.17) is 9.97 Å². The summed E-state index contributed by atoms with van der Waals surface area (Å²) in [5.41, 5.74) is 2.91. The third-order valence-corrected chi connectivity index (χ3v) is 4.82. The first kappa shape index (κ1) is 16.0. The van der Waals surface area contributed by atoms with Crippen molar-refractivity contribution in [3.63, 3.8) is 0 Å². The van der Waals surface area contributed by atoms with E-state index >= 15 is 0 Å². The Kier molecular flexibility index (Phi) is 4.31. The topological polar surface area (TPSA) is 83.0 Å². The third kappa shape index (κ3) is 3.19. The Hall–Kier alpha value is -2.54. The maximum Gasteiger partial charge on any atom is 0.244 e. The fourth-order valence-corrected chi connectivity index (χ4v) is 3.40. The summed E-state index contributed by atoms with van der Waals surface area (Å²) in [6.07, 6.45) is 4.25. The van der Waals surface area contributed by atoms with Gasteiger partial charge in [0.25, 0.3) is 0 Å². The summed E-state index contributed by atoms with van der Waals surface area (Å²) in [5, 5.41) is 6.79. The number of nitrogens with one attached hydrogen (secondary N) is 2. The van der Waals surface area contributed by atoms with Gasteiger partial charge in [-0.3, -0.25) is 9.78 Å². The van der Waals surface area contributed by atoms with E-state index in [9.17, 15) is 4.79 Å². The minimum Gasteiger partial charge on any atom is -0.358 e. The van der Waals surface area contributed by atoms with E-state index in [1.165, 1.54) is 0 Å². The number of nitrogens with zero attached hydrogens (tertiary/aromatic N) is 4. The van der Waals surface area contributed by atoms with E-state index in [1.807, 2.05) is 25.2 Å². The van der Waals surface area contributed by atoms with Gasteiger partial charge in [0.2, 0.25) is 5.91 Å². The van der Waals surface area contributed by atoms with Gasteiger partial charge in [0, 0.05) is 38.3 Å². The Morgan fingerprint density at radius 3 is 2.88 bits per heavy atom. The molecule has 4 heterocycles. The van der Waals surface area contributed by atoms with Gasteiger partial charge in [-0.15, -0.1) is 0 Å². The third-order valence-electron chi connectivity index (χ3n) is 4.82. The minimum absolute atomic E-state index is 0.124. The quantitative estimate of drug-likeness (QED) is 0.864. The van der Waals surface area contributed by atoms with Crippen molar-refractivity contribution in [2.24, 2.45) is 0 Å². The fourth-order valence-electron chi connectivity index (χ4n) is 3.40. The van der Waals surface area contributed by atoms with Crippen molar-refractivity contribution < 1.29 is 4.79 Å². The first-order valence-corrected chi connectivity index (χ1v) is 8.76. The highest BCUT2D eigenvalue weighted by molar-refractivity contribution is 5.86. The van der Waals surface area contributed by atoms with Crippen LogP contribution in [0.15, 0.2) is 24.4 Å². The van der Waals surface area contributed by atoms with Crippen LogP contribution in [0.25, 0.3) is 11.5 Å². The molecule has 130 valence electrons. The van der Waals surface area contributed by atoms with E-state index in [0.717, 1.165) is 61.7 Å². The van der Waals surface area contributed by atoms with Gasteiger partial charge < -0.3 is 15.5 Å². The molecule has 2 aliphatic rings. The molecule has 2 aromatic heterocycles. The average Bonchev–Trinajstić information content (AvgIpc) is 2.84. The zero-order chi connectivity index (χ0) is 17.2. The molecule has 2 aliphatic heterocycles. The monoisotopic (exact) mass is 338 g/mol. The van der Waals surface area contributed by atoms with Crippen LogP contribution in [0.2, 0.25) is 0 Å². The Bertz CT molecular complexity index is 779. The summed E-state index contributed by atoms with van der Waals surface area (Å²) in [5.74, 6) is 1.52. The number of rotatable bonds is 3. The maximum absolute atomic E-state index is 12.3. The molecular weight excluding hydrogens is 316 g/mol. The molecule has 0 saturated carbocycles. The molecule has 1 atom stereocenters. The van der Waals surface area contributed by atoms with Crippen molar-refractivity contribution in [1.29, 1.82) is 0 Å². The van der Waals surface area contributed by atoms with Crippen molar-refractivity contribution in [3.05, 3.63) is 35.7 Å². The molecule has 25 heavy (non-hydrogen) atoms. The van der Waals surface area contributed by atoms with Crippen LogP contribution in [0.4, 0.5) is 5.82 Å². The zero-order valence-electron chi connectivity index (χ0n) is 14.3. The fraction of sp³-hybridized carbons (Fsp3) is 0.444. The Labute approximate surface area is 146 Å². The number of anilines is 1. The smallest absolute Gasteiger partial charge is 0.244 e. The SMILES string of the molecule is CN1CC[C@@H](Nc2nc(-c3ccccn3)nc3c2CCNCC3)C1=O. The lowest BCUT2D eigenvalue weighted by Crippen LogP contribution is -2.32. The van der Waals surface area contributed by atoms with E-state index in [2.05, 4.69) is 15.6 Å². The van der Waals surface area contributed by atoms with Crippen LogP contribution in [-0.2, 0) is 17.6 Å². The van der Waals surface area contributed by atoms with E-state index in [-0.39, 0.29) is 11.9 Å². The van der Waals surface area contributed by atoms with Gasteiger partial charge in [-0.25, -0.2) is 9.97 Å². The normalized spacial score (nSPS) is 20.3. The number of amides is 1. The molecule has 0 bridgehead atoms. The first-order valence-electron chi connectivity index (χ1n) is 8.76. The molecule has 2 N–H and O–H groups in total. The summed E-state index contributed by atoms with van der Waals surface area (Å²) in [6.45, 7) is 2.57. The number of hydrogen-bond acceptors (Lipinski definition) is 6. The largest absolute Gasteiger partial charge is 0.358 e. The van der Waals surface area contributed by atoms with Crippen LogP contribution in [-0.4, -0.2) is 58.5 Å². The van der Waals surface area contributed by atoms with Gasteiger partial charge in [-0.05, 0) is 31.5 Å². The van der Waals surface area contributed by atoms with Gasteiger partial charge in [0.05, 0.1) is 5.69 Å². The van der Waals surface area contributed by atoms with Crippen LogP contribution >= 0.6 is 0 Å². The lowest BCUT2D eigenvalue weighted by Gasteiger charge is -2.18. The number of carbonyl (C=O) groups excluding carboxylic acids is 1. The molecule has 7 heteroatoms. The number of fused-ring (bicyclic) bond motifs is 1. The highest BCUT2D eigenvalue weighted by atomic mass is 16.2. The van der Waals surface area contributed by atoms with Gasteiger partial charge >= 0.3 is 0 Å². The second-order valence-electron chi connectivity index (χ2n) is 6.53. The van der Waals surface area contributed by atoms with Gasteiger partial charge in [0.1, 0.15) is 17.6 Å². The summed E-state index contributed by atoms with van der Waals surface area (Å²) in [4.78, 5) is 27.9. The summed E-state index contributed by atoms with van der Waals surface area (Å²) in [7, 11) is 1.84. The van der Waals surface area contributed by atoms with Crippen LogP contribution in [0.1, 0.15) is 17.7 Å². The predicted octanol–water partition coefficient (Wildman–Crippen LogP) is 0.869. The van der Waals surface area contributed by atoms with Crippen LogP contribution < -0.4 is 10.6 Å². The molecule has 0 unspecified atom stereocenters. The van der Waals surface area contributed by atoms with Crippen molar-refractivity contribution in [1.82, 2.24) is 25.2 Å². The molecule has 7 nitrogen and oxygen atoms in total. The molecule has 2 aromatic rings. The lowest BCUT2D eigenvalue weighted by atomic mass is 10.1. The Morgan fingerprint density at radius 1 is 1.24 bits per heavy atom. The highest BCUT2D eigenvalue weighted by Crippen LogP contribution is 2.25. The highest BCUT2D eigenvalue weighted by Gasteiger charge is 2.30. The number of carbonyl (C=O) groups is 1. The number of likely N-dealkylation sites (N-methyl/N-ethyl adjacent to an activating group) is 1. The van der Waals surface area contributed by atoms with Crippen molar-refractivity contribution in [2.45, 2.75) is 25.3 Å². The average molecular weight is 338 g/mol. The number of hydrogen-bond donors (Lipinski definition) is 2. The van der Waals surface area contributed by atoms with Crippen LogP contribution in [0.3, 0.4) is 0 Å². The molecule has 0 radical (unpaired) electrons. The zero-order valence-corrected chi connectivity index (χ0v) is 14.3. The molecule has 4 rings (SSSR count). The van der Waals surface area contributed by atoms with E-state index < -0.39 is 0 Å². The maximum atomic E-state index is 12.3. The van der Waals surface area contributed by atoms with Crippen LogP contribution in [0.5, 0.6) is 0 Å². The second-order valence-corrected chi connectivity index (χ2v) is 6.53. The van der Waals surface area contributed by atoms with Crippen molar-refractivity contribution in [3.8, 4) is 11.5 Å². The number of aromatic nitrogens is 3. The molecule has 1 fully saturated rings. The predicted molar refractivity (Wildman–Crippen MR) is 95.2 cm³/mol. The van der Waals surface area contributed by atoms with E-state index in [0.29, 0.717) is 5.82 Å². The number of likely N-dealkylation sites (tertiary alicyclic amines) is 1. The molecule has 1 amide bonds. The summed E-state index contributed by atoms with van der Waals surface area (Å²) >= 11 is 0. The van der Waals surface area contributed by atoms with Gasteiger partial charge in [0.15, 0.2) is 5.82 Å². The van der Waals surface area contributed by atoms with Crippen molar-refractivity contribution in [2.75, 3.05) is 32.0 Å². The summed E-state index contributed by atoms with van der Waals surface area (Å²) < 4.78 is 0. The van der Waals surface area contributed by atoms with E-state index in [1.54, 1.807) is 11.1 Å². The minimum atomic E-state index is -0.211. The number of pyridine rings is 1. The van der Waals surface area contributed by atoms with Gasteiger partial charge in [-0.2, -0.15) is 0 Å². The Morgan fingerprint density at radius 2 is 2.12 bits per heavy atom. The molecular formula is C18H22N6O. The second kappa shape index (κ2) is 6.76. The van der Waals surface area contributed by atoms with Crippen molar-refractivity contribution >= 4 is 11.7 Å². The van der Waals surface area contributed by atoms with Gasteiger partial charge in [-0.1, -0.05) is 6.07 Å². The Balaban J connectivity index is 1.74. The standard InChI is InChI=1S/C18H22N6O/c1-24-11-7-15(18(24)25)22-16-12-5-9-19-10-6-13(12)21-17(23-16)14-4-2-3-8-20-14/h2-4,8,15,19H,5-7,9-11H2,1H3,(H,21,22,23)/t15-/m1/s1. The first-order chi connectivity index (χ1) is 12.2. The molecule has 0 aliphatic carbocycles. The summed E-state index contributed by atoms with van der Waals surface area (Å²) in [6, 6.07) is 5.51. The lowest BCUT2D eigenvalue weighted by molar-refractivity contribution is -0.127. The van der Waals surface area contributed by atoms with Crippen LogP contribution in [0, 0.1) is 0 Å². The molecule has 0 aromatic carbocycles. The molecule has 0 spiro atoms.